The fraction of sp³-hybridized carbons (Fsp3) is 0.200. The molecule has 0 fully saturated rings. The Hall–Kier alpha value is -2.01. The fourth-order valence-electron chi connectivity index (χ4n) is 1.91. The zero-order valence-corrected chi connectivity index (χ0v) is 12.6. The molecule has 2 rings (SSSR count). The second-order valence-corrected chi connectivity index (χ2v) is 6.63. The van der Waals surface area contributed by atoms with Gasteiger partial charge in [-0.1, -0.05) is 12.1 Å². The van der Waals surface area contributed by atoms with Gasteiger partial charge in [-0.25, -0.2) is 8.42 Å². The summed E-state index contributed by atoms with van der Waals surface area (Å²) in [6.07, 6.45) is 0. The van der Waals surface area contributed by atoms with Crippen LogP contribution in [-0.4, -0.2) is 8.42 Å². The molecule has 2 aromatic rings. The first-order valence-electron chi connectivity index (χ1n) is 6.26. The minimum Gasteiger partial charge on any atom is -0.397 e. The van der Waals surface area contributed by atoms with Gasteiger partial charge in [-0.15, -0.1) is 0 Å². The normalized spacial score (nSPS) is 11.3. The van der Waals surface area contributed by atoms with Crippen molar-refractivity contribution in [1.82, 2.24) is 0 Å². The summed E-state index contributed by atoms with van der Waals surface area (Å²) in [4.78, 5) is 0.232. The predicted molar refractivity (Wildman–Crippen MR) is 82.3 cm³/mol. The second kappa shape index (κ2) is 5.17. The maximum atomic E-state index is 12.3. The third-order valence-corrected chi connectivity index (χ3v) is 4.57. The summed E-state index contributed by atoms with van der Waals surface area (Å²) in [5.74, 6) is 0. The number of nitrogens with two attached hydrogens (primary N) is 1. The molecule has 0 unspecified atom stereocenters. The van der Waals surface area contributed by atoms with E-state index in [0.29, 0.717) is 11.4 Å². The minimum atomic E-state index is -3.62. The number of benzene rings is 2. The number of rotatable bonds is 3. The van der Waals surface area contributed by atoms with Gasteiger partial charge in [-0.3, -0.25) is 4.72 Å². The van der Waals surface area contributed by atoms with Crippen LogP contribution in [0.4, 0.5) is 11.4 Å². The van der Waals surface area contributed by atoms with E-state index in [1.807, 2.05) is 26.8 Å². The van der Waals surface area contributed by atoms with E-state index < -0.39 is 10.0 Å². The van der Waals surface area contributed by atoms with E-state index in [2.05, 4.69) is 4.72 Å². The molecule has 0 atom stereocenters. The second-order valence-electron chi connectivity index (χ2n) is 4.95. The van der Waals surface area contributed by atoms with Gasteiger partial charge in [0.1, 0.15) is 0 Å². The van der Waals surface area contributed by atoms with Gasteiger partial charge in [0.15, 0.2) is 0 Å². The van der Waals surface area contributed by atoms with Gasteiger partial charge in [-0.05, 0) is 61.7 Å². The Kier molecular flexibility index (Phi) is 3.72. The monoisotopic (exact) mass is 290 g/mol. The average molecular weight is 290 g/mol. The molecule has 106 valence electrons. The maximum Gasteiger partial charge on any atom is 0.261 e. The molecule has 0 radical (unpaired) electrons. The van der Waals surface area contributed by atoms with Crippen LogP contribution in [0.2, 0.25) is 0 Å². The van der Waals surface area contributed by atoms with Crippen LogP contribution in [0.15, 0.2) is 41.3 Å². The molecule has 0 aliphatic rings. The standard InChI is InChI=1S/C15H18N2O2S/c1-10-5-4-6-13(7-10)20(18,19)17-15-9-12(3)11(2)8-14(15)16/h4-9,17H,16H2,1-3H3. The van der Waals surface area contributed by atoms with Crippen molar-refractivity contribution in [1.29, 1.82) is 0 Å². The van der Waals surface area contributed by atoms with E-state index >= 15 is 0 Å². The summed E-state index contributed by atoms with van der Waals surface area (Å²) >= 11 is 0. The molecule has 0 aliphatic carbocycles. The summed E-state index contributed by atoms with van der Waals surface area (Å²) in [6.45, 7) is 5.70. The van der Waals surface area contributed by atoms with E-state index in [1.165, 1.54) is 0 Å². The number of nitrogen functional groups attached to an aromatic ring is 1. The molecule has 0 aliphatic heterocycles. The van der Waals surface area contributed by atoms with Gasteiger partial charge in [0.2, 0.25) is 0 Å². The summed E-state index contributed by atoms with van der Waals surface area (Å²) < 4.78 is 27.2. The van der Waals surface area contributed by atoms with Gasteiger partial charge >= 0.3 is 0 Å². The summed E-state index contributed by atoms with van der Waals surface area (Å²) in [5, 5.41) is 0. The van der Waals surface area contributed by atoms with Crippen LogP contribution in [0, 0.1) is 20.8 Å². The molecular formula is C15H18N2O2S. The molecule has 3 N–H and O–H groups in total. The molecule has 2 aromatic carbocycles. The van der Waals surface area contributed by atoms with Crippen LogP contribution in [0.3, 0.4) is 0 Å². The summed E-state index contributed by atoms with van der Waals surface area (Å²) in [7, 11) is -3.62. The van der Waals surface area contributed by atoms with Crippen LogP contribution in [0.25, 0.3) is 0 Å². The SMILES string of the molecule is Cc1cccc(S(=O)(=O)Nc2cc(C)c(C)cc2N)c1. The number of sulfonamides is 1. The first kappa shape index (κ1) is 14.4. The highest BCUT2D eigenvalue weighted by molar-refractivity contribution is 7.92. The number of anilines is 2. The van der Waals surface area contributed by atoms with Crippen molar-refractivity contribution in [2.24, 2.45) is 0 Å². The molecule has 0 spiro atoms. The van der Waals surface area contributed by atoms with Crippen LogP contribution < -0.4 is 10.5 Å². The Morgan fingerprint density at radius 1 is 1.00 bits per heavy atom. The lowest BCUT2D eigenvalue weighted by atomic mass is 10.1. The van der Waals surface area contributed by atoms with Crippen molar-refractivity contribution in [2.45, 2.75) is 25.7 Å². The largest absolute Gasteiger partial charge is 0.397 e. The van der Waals surface area contributed by atoms with Gasteiger partial charge in [0.05, 0.1) is 16.3 Å². The molecule has 0 amide bonds. The van der Waals surface area contributed by atoms with E-state index in [9.17, 15) is 8.42 Å². The molecule has 0 heterocycles. The summed E-state index contributed by atoms with van der Waals surface area (Å²) in [5.41, 5.74) is 9.62. The Morgan fingerprint density at radius 2 is 1.65 bits per heavy atom. The van der Waals surface area contributed by atoms with Crippen LogP contribution in [0.1, 0.15) is 16.7 Å². The van der Waals surface area contributed by atoms with Gasteiger partial charge in [-0.2, -0.15) is 0 Å². The van der Waals surface area contributed by atoms with Crippen LogP contribution in [-0.2, 0) is 10.0 Å². The van der Waals surface area contributed by atoms with Crippen LogP contribution >= 0.6 is 0 Å². The van der Waals surface area contributed by atoms with Crippen molar-refractivity contribution in [3.8, 4) is 0 Å². The van der Waals surface area contributed by atoms with Crippen molar-refractivity contribution < 1.29 is 8.42 Å². The minimum absolute atomic E-state index is 0.232. The molecule has 5 heteroatoms. The lowest BCUT2D eigenvalue weighted by Gasteiger charge is -2.13. The number of nitrogens with one attached hydrogen (secondary N) is 1. The van der Waals surface area contributed by atoms with Gasteiger partial charge in [0.25, 0.3) is 10.0 Å². The lowest BCUT2D eigenvalue weighted by molar-refractivity contribution is 0.601. The third-order valence-electron chi connectivity index (χ3n) is 3.21. The molecular weight excluding hydrogens is 272 g/mol. The van der Waals surface area contributed by atoms with Crippen molar-refractivity contribution >= 4 is 21.4 Å². The molecule has 0 saturated carbocycles. The maximum absolute atomic E-state index is 12.3. The number of hydrogen-bond acceptors (Lipinski definition) is 3. The third kappa shape index (κ3) is 2.93. The van der Waals surface area contributed by atoms with Crippen LogP contribution in [0.5, 0.6) is 0 Å². The Labute approximate surface area is 119 Å². The average Bonchev–Trinajstić information content (AvgIpc) is 2.36. The molecule has 0 aromatic heterocycles. The highest BCUT2D eigenvalue weighted by atomic mass is 32.2. The van der Waals surface area contributed by atoms with Crippen molar-refractivity contribution in [2.75, 3.05) is 10.5 Å². The number of aryl methyl sites for hydroxylation is 3. The first-order chi connectivity index (χ1) is 9.29. The van der Waals surface area contributed by atoms with E-state index in [1.54, 1.807) is 30.3 Å². The Bertz CT molecular complexity index is 752. The first-order valence-corrected chi connectivity index (χ1v) is 7.74. The Balaban J connectivity index is 2.41. The number of hydrogen-bond donors (Lipinski definition) is 2. The molecule has 4 nitrogen and oxygen atoms in total. The summed E-state index contributed by atoms with van der Waals surface area (Å²) in [6, 6.07) is 10.3. The van der Waals surface area contributed by atoms with Gasteiger partial charge < -0.3 is 5.73 Å². The Morgan fingerprint density at radius 3 is 2.30 bits per heavy atom. The highest BCUT2D eigenvalue weighted by Gasteiger charge is 2.16. The van der Waals surface area contributed by atoms with Crippen molar-refractivity contribution in [3.63, 3.8) is 0 Å². The predicted octanol–water partition coefficient (Wildman–Crippen LogP) is 2.99. The fourth-order valence-corrected chi connectivity index (χ4v) is 3.10. The van der Waals surface area contributed by atoms with E-state index in [0.717, 1.165) is 16.7 Å². The quantitative estimate of drug-likeness (QED) is 0.854. The topological polar surface area (TPSA) is 72.2 Å². The van der Waals surface area contributed by atoms with Crippen molar-refractivity contribution in [3.05, 3.63) is 53.1 Å². The highest BCUT2D eigenvalue weighted by Crippen LogP contribution is 2.25. The van der Waals surface area contributed by atoms with E-state index in [4.69, 9.17) is 5.73 Å². The zero-order chi connectivity index (χ0) is 14.9. The molecule has 0 bridgehead atoms. The molecule has 0 saturated heterocycles. The molecule has 20 heavy (non-hydrogen) atoms. The lowest BCUT2D eigenvalue weighted by Crippen LogP contribution is -2.14. The van der Waals surface area contributed by atoms with E-state index in [-0.39, 0.29) is 4.90 Å². The smallest absolute Gasteiger partial charge is 0.261 e. The zero-order valence-electron chi connectivity index (χ0n) is 11.8. The van der Waals surface area contributed by atoms with Gasteiger partial charge in [0, 0.05) is 0 Å².